The smallest absolute Gasteiger partial charge is 0.122 e. The van der Waals surface area contributed by atoms with Crippen molar-refractivity contribution in [3.8, 4) is 11.5 Å². The molecule has 2 unspecified atom stereocenters. The maximum absolute atomic E-state index is 5.60. The molecule has 1 heterocycles. The molecular formula is C21H31NO2. The average molecular weight is 329 g/mol. The van der Waals surface area contributed by atoms with Crippen molar-refractivity contribution in [1.82, 2.24) is 4.90 Å². The van der Waals surface area contributed by atoms with Crippen LogP contribution in [0.5, 0.6) is 11.5 Å². The normalized spacial score (nSPS) is 30.7. The largest absolute Gasteiger partial charge is 0.497 e. The van der Waals surface area contributed by atoms with E-state index in [4.69, 9.17) is 9.47 Å². The van der Waals surface area contributed by atoms with Crippen molar-refractivity contribution in [3.63, 3.8) is 0 Å². The minimum atomic E-state index is 0.603. The minimum Gasteiger partial charge on any atom is -0.497 e. The van der Waals surface area contributed by atoms with Gasteiger partial charge in [-0.1, -0.05) is 6.42 Å². The van der Waals surface area contributed by atoms with Crippen LogP contribution in [0.2, 0.25) is 0 Å². The van der Waals surface area contributed by atoms with Gasteiger partial charge in [-0.15, -0.1) is 0 Å². The molecule has 0 aromatic heterocycles. The van der Waals surface area contributed by atoms with E-state index in [9.17, 15) is 0 Å². The minimum absolute atomic E-state index is 0.603. The van der Waals surface area contributed by atoms with Crippen LogP contribution in [-0.4, -0.2) is 38.8 Å². The summed E-state index contributed by atoms with van der Waals surface area (Å²) in [5.74, 6) is 5.67. The molecule has 4 rings (SSSR count). The van der Waals surface area contributed by atoms with Crippen molar-refractivity contribution in [1.29, 1.82) is 0 Å². The topological polar surface area (TPSA) is 21.7 Å². The predicted molar refractivity (Wildman–Crippen MR) is 96.9 cm³/mol. The summed E-state index contributed by atoms with van der Waals surface area (Å²) in [6, 6.07) is 6.22. The van der Waals surface area contributed by atoms with E-state index in [1.807, 2.05) is 6.07 Å². The van der Waals surface area contributed by atoms with Gasteiger partial charge < -0.3 is 14.4 Å². The molecule has 0 amide bonds. The zero-order chi connectivity index (χ0) is 16.5. The molecule has 0 spiro atoms. The molecule has 3 atom stereocenters. The first kappa shape index (κ1) is 16.3. The molecule has 24 heavy (non-hydrogen) atoms. The second-order valence-corrected chi connectivity index (χ2v) is 8.12. The number of hydrogen-bond donors (Lipinski definition) is 0. The highest BCUT2D eigenvalue weighted by Gasteiger charge is 2.40. The Morgan fingerprint density at radius 2 is 1.83 bits per heavy atom. The van der Waals surface area contributed by atoms with Gasteiger partial charge in [-0.05, 0) is 87.1 Å². The fourth-order valence-electron chi connectivity index (χ4n) is 5.52. The van der Waals surface area contributed by atoms with Crippen LogP contribution in [0, 0.1) is 17.8 Å². The first-order chi connectivity index (χ1) is 11.8. The molecule has 132 valence electrons. The summed E-state index contributed by atoms with van der Waals surface area (Å²) in [4.78, 5) is 2.73. The van der Waals surface area contributed by atoms with Crippen molar-refractivity contribution < 1.29 is 9.47 Å². The number of rotatable bonds is 5. The van der Waals surface area contributed by atoms with Gasteiger partial charge in [-0.2, -0.15) is 0 Å². The number of hydrogen-bond acceptors (Lipinski definition) is 3. The molecule has 2 bridgehead atoms. The average Bonchev–Trinajstić information content (AvgIpc) is 3.25. The highest BCUT2D eigenvalue weighted by atomic mass is 16.5. The first-order valence-corrected chi connectivity index (χ1v) is 9.71. The lowest BCUT2D eigenvalue weighted by Gasteiger charge is -2.36. The Balaban J connectivity index is 1.36. The van der Waals surface area contributed by atoms with E-state index in [1.54, 1.807) is 14.2 Å². The number of nitrogens with zero attached hydrogens (tertiary/aromatic N) is 1. The lowest BCUT2D eigenvalue weighted by molar-refractivity contribution is 0.155. The van der Waals surface area contributed by atoms with Gasteiger partial charge >= 0.3 is 0 Å². The van der Waals surface area contributed by atoms with Crippen LogP contribution in [0.4, 0.5) is 0 Å². The van der Waals surface area contributed by atoms with Crippen molar-refractivity contribution in [2.24, 2.45) is 17.8 Å². The summed E-state index contributed by atoms with van der Waals surface area (Å²) < 4.78 is 11.0. The third-order valence-corrected chi connectivity index (χ3v) is 6.84. The Bertz CT molecular complexity index is 565. The lowest BCUT2D eigenvalue weighted by Crippen LogP contribution is -2.37. The zero-order valence-corrected chi connectivity index (χ0v) is 15.2. The Morgan fingerprint density at radius 3 is 2.46 bits per heavy atom. The van der Waals surface area contributed by atoms with E-state index < -0.39 is 0 Å². The predicted octanol–water partition coefficient (Wildman–Crippen LogP) is 4.32. The summed E-state index contributed by atoms with van der Waals surface area (Å²) in [6.45, 7) is 3.82. The second-order valence-electron chi connectivity index (χ2n) is 8.12. The fourth-order valence-corrected chi connectivity index (χ4v) is 5.52. The zero-order valence-electron chi connectivity index (χ0n) is 15.2. The number of piperidine rings is 1. The number of methoxy groups -OCH3 is 2. The Labute approximate surface area is 146 Å². The van der Waals surface area contributed by atoms with Gasteiger partial charge in [-0.25, -0.2) is 0 Å². The molecule has 2 saturated carbocycles. The van der Waals surface area contributed by atoms with E-state index in [2.05, 4.69) is 17.0 Å². The van der Waals surface area contributed by atoms with Crippen LogP contribution in [0.15, 0.2) is 18.2 Å². The van der Waals surface area contributed by atoms with Gasteiger partial charge in [0.25, 0.3) is 0 Å². The fraction of sp³-hybridized carbons (Fsp3) is 0.714. The third kappa shape index (κ3) is 3.15. The van der Waals surface area contributed by atoms with E-state index in [0.29, 0.717) is 5.92 Å². The third-order valence-electron chi connectivity index (χ3n) is 6.84. The standard InChI is InChI=1S/C21H31NO2/c1-23-19-5-6-21(24-2)20(13-19)16-7-9-22(10-8-16)14-18-12-15-3-4-17(18)11-15/h5-6,13,15-18H,3-4,7-12,14H2,1-2H3/t15-,17?,18?/m0/s1. The Kier molecular flexibility index (Phi) is 4.71. The highest BCUT2D eigenvalue weighted by molar-refractivity contribution is 5.42. The second kappa shape index (κ2) is 6.95. The van der Waals surface area contributed by atoms with E-state index in [1.165, 1.54) is 63.7 Å². The molecule has 0 N–H and O–H groups in total. The van der Waals surface area contributed by atoms with Gasteiger partial charge in [0.05, 0.1) is 14.2 Å². The Morgan fingerprint density at radius 1 is 1.00 bits per heavy atom. The molecule has 2 aliphatic carbocycles. The quantitative estimate of drug-likeness (QED) is 0.803. The highest BCUT2D eigenvalue weighted by Crippen LogP contribution is 2.48. The van der Waals surface area contributed by atoms with Crippen LogP contribution in [-0.2, 0) is 0 Å². The van der Waals surface area contributed by atoms with Gasteiger partial charge in [0.15, 0.2) is 0 Å². The van der Waals surface area contributed by atoms with Crippen molar-refractivity contribution in [2.75, 3.05) is 33.9 Å². The maximum atomic E-state index is 5.60. The maximum Gasteiger partial charge on any atom is 0.122 e. The molecule has 3 aliphatic rings. The molecule has 3 nitrogen and oxygen atoms in total. The SMILES string of the molecule is COc1ccc(OC)c(C2CCN(CC3C[C@H]4CCC3C4)CC2)c1. The summed E-state index contributed by atoms with van der Waals surface area (Å²) in [5, 5.41) is 0. The molecule has 3 heteroatoms. The molecule has 1 saturated heterocycles. The number of fused-ring (bicyclic) bond motifs is 2. The number of likely N-dealkylation sites (tertiary alicyclic amines) is 1. The summed E-state index contributed by atoms with van der Waals surface area (Å²) in [6.07, 6.45) is 8.54. The molecule has 1 aromatic carbocycles. The van der Waals surface area contributed by atoms with Crippen molar-refractivity contribution in [3.05, 3.63) is 23.8 Å². The van der Waals surface area contributed by atoms with Crippen LogP contribution in [0.1, 0.15) is 50.0 Å². The van der Waals surface area contributed by atoms with Crippen molar-refractivity contribution in [2.45, 2.75) is 44.4 Å². The lowest BCUT2D eigenvalue weighted by atomic mass is 9.85. The molecule has 3 fully saturated rings. The monoisotopic (exact) mass is 329 g/mol. The summed E-state index contributed by atoms with van der Waals surface area (Å²) in [5.41, 5.74) is 1.33. The molecule has 1 aromatic rings. The van der Waals surface area contributed by atoms with Crippen LogP contribution in [0.3, 0.4) is 0 Å². The summed E-state index contributed by atoms with van der Waals surface area (Å²) >= 11 is 0. The van der Waals surface area contributed by atoms with Gasteiger partial charge in [0.1, 0.15) is 11.5 Å². The van der Waals surface area contributed by atoms with E-state index in [-0.39, 0.29) is 0 Å². The van der Waals surface area contributed by atoms with Crippen LogP contribution in [0.25, 0.3) is 0 Å². The van der Waals surface area contributed by atoms with Crippen LogP contribution >= 0.6 is 0 Å². The Hall–Kier alpha value is -1.22. The molecule has 0 radical (unpaired) electrons. The van der Waals surface area contributed by atoms with Gasteiger partial charge in [0, 0.05) is 12.1 Å². The van der Waals surface area contributed by atoms with Crippen LogP contribution < -0.4 is 9.47 Å². The number of benzene rings is 1. The first-order valence-electron chi connectivity index (χ1n) is 9.71. The van der Waals surface area contributed by atoms with E-state index in [0.717, 1.165) is 29.3 Å². The molecular weight excluding hydrogens is 298 g/mol. The van der Waals surface area contributed by atoms with E-state index >= 15 is 0 Å². The van der Waals surface area contributed by atoms with Crippen molar-refractivity contribution >= 4 is 0 Å². The number of ether oxygens (including phenoxy) is 2. The summed E-state index contributed by atoms with van der Waals surface area (Å²) in [7, 11) is 3.51. The molecule has 1 aliphatic heterocycles. The van der Waals surface area contributed by atoms with Gasteiger partial charge in [0.2, 0.25) is 0 Å². The van der Waals surface area contributed by atoms with Gasteiger partial charge in [-0.3, -0.25) is 0 Å².